The number of nitrogens with zero attached hydrogens (tertiary/aromatic N) is 2. The summed E-state index contributed by atoms with van der Waals surface area (Å²) in [6.07, 6.45) is -1.36. The van der Waals surface area contributed by atoms with E-state index in [4.69, 9.17) is 0 Å². The minimum Gasteiger partial charge on any atom is -0.305 e. The number of rotatable bonds is 1. The Labute approximate surface area is 112 Å². The predicted molar refractivity (Wildman–Crippen MR) is 64.0 cm³/mol. The normalized spacial score (nSPS) is 11.8. The summed E-state index contributed by atoms with van der Waals surface area (Å²) in [5.41, 5.74) is -0.307. The van der Waals surface area contributed by atoms with E-state index in [1.807, 2.05) is 0 Å². The predicted octanol–water partition coefficient (Wildman–Crippen LogP) is 4.42. The number of aromatic nitrogens is 2. The van der Waals surface area contributed by atoms with E-state index in [0.29, 0.717) is 10.3 Å². The van der Waals surface area contributed by atoms with Crippen molar-refractivity contribution in [3.63, 3.8) is 0 Å². The molecule has 17 heavy (non-hydrogen) atoms. The smallest absolute Gasteiger partial charge is 0.305 e. The minimum atomic E-state index is -4.38. The van der Waals surface area contributed by atoms with E-state index in [-0.39, 0.29) is 4.47 Å². The number of hydrogen-bond acceptors (Lipinski definition) is 1. The molecule has 0 saturated heterocycles. The largest absolute Gasteiger partial charge is 0.417 e. The van der Waals surface area contributed by atoms with Crippen molar-refractivity contribution in [1.82, 2.24) is 9.55 Å². The van der Waals surface area contributed by atoms with E-state index in [9.17, 15) is 13.2 Å². The molecule has 2 rings (SSSR count). The molecule has 0 radical (unpaired) electrons. The van der Waals surface area contributed by atoms with Gasteiger partial charge >= 0.3 is 6.18 Å². The first kappa shape index (κ1) is 12.6. The van der Waals surface area contributed by atoms with Crippen LogP contribution in [0.1, 0.15) is 5.56 Å². The van der Waals surface area contributed by atoms with Crippen LogP contribution in [0.15, 0.2) is 39.8 Å². The Bertz CT molecular complexity index is 549. The molecule has 90 valence electrons. The Balaban J connectivity index is 2.51. The minimum absolute atomic E-state index is 0.0212. The molecule has 0 aliphatic rings. The van der Waals surface area contributed by atoms with Crippen LogP contribution in [-0.4, -0.2) is 9.55 Å². The Morgan fingerprint density at radius 3 is 2.41 bits per heavy atom. The molecule has 0 fully saturated rings. The zero-order valence-corrected chi connectivity index (χ0v) is 11.3. The van der Waals surface area contributed by atoms with Crippen LogP contribution in [0.4, 0.5) is 13.2 Å². The summed E-state index contributed by atoms with van der Waals surface area (Å²) in [4.78, 5) is 3.89. The summed E-state index contributed by atoms with van der Waals surface area (Å²) in [5.74, 6) is 0. The lowest BCUT2D eigenvalue weighted by Gasteiger charge is -2.11. The van der Waals surface area contributed by atoms with Gasteiger partial charge in [-0.2, -0.15) is 13.2 Å². The first-order valence-electron chi connectivity index (χ1n) is 4.44. The van der Waals surface area contributed by atoms with Gasteiger partial charge in [0.2, 0.25) is 0 Å². The fourth-order valence-corrected chi connectivity index (χ4v) is 2.11. The van der Waals surface area contributed by atoms with Crippen LogP contribution in [0.5, 0.6) is 0 Å². The van der Waals surface area contributed by atoms with E-state index < -0.39 is 11.7 Å². The lowest BCUT2D eigenvalue weighted by Crippen LogP contribution is -2.07. The number of imidazole rings is 1. The third-order valence-corrected chi connectivity index (χ3v) is 3.21. The second kappa shape index (κ2) is 4.45. The average molecular weight is 370 g/mol. The first-order chi connectivity index (χ1) is 7.88. The monoisotopic (exact) mass is 368 g/mol. The third kappa shape index (κ3) is 2.71. The standard InChI is InChI=1S/C10H5Br2F3N2/c11-8-2-1-6(3-7(8)10(13,14)15)17-4-9(12)16-5-17/h1-5H. The maximum Gasteiger partial charge on any atom is 0.417 e. The molecule has 0 atom stereocenters. The molecule has 0 aliphatic carbocycles. The molecular formula is C10H5Br2F3N2. The highest BCUT2D eigenvalue weighted by Gasteiger charge is 2.33. The molecule has 0 unspecified atom stereocenters. The van der Waals surface area contributed by atoms with Crippen LogP contribution >= 0.6 is 31.9 Å². The second-order valence-corrected chi connectivity index (χ2v) is 4.93. The van der Waals surface area contributed by atoms with Crippen molar-refractivity contribution >= 4 is 31.9 Å². The van der Waals surface area contributed by atoms with Crippen molar-refractivity contribution in [3.05, 3.63) is 45.4 Å². The highest BCUT2D eigenvalue weighted by Crippen LogP contribution is 2.36. The van der Waals surface area contributed by atoms with Gasteiger partial charge in [0.1, 0.15) is 10.9 Å². The molecule has 0 spiro atoms. The molecule has 0 bridgehead atoms. The quantitative estimate of drug-likeness (QED) is 0.727. The highest BCUT2D eigenvalue weighted by atomic mass is 79.9. The molecule has 1 aromatic heterocycles. The van der Waals surface area contributed by atoms with Crippen molar-refractivity contribution in [3.8, 4) is 5.69 Å². The highest BCUT2D eigenvalue weighted by molar-refractivity contribution is 9.10. The van der Waals surface area contributed by atoms with Crippen LogP contribution in [-0.2, 0) is 6.18 Å². The van der Waals surface area contributed by atoms with Gasteiger partial charge in [0.15, 0.2) is 0 Å². The third-order valence-electron chi connectivity index (χ3n) is 2.10. The van der Waals surface area contributed by atoms with Crippen molar-refractivity contribution in [1.29, 1.82) is 0 Å². The van der Waals surface area contributed by atoms with Crippen molar-refractivity contribution in [2.75, 3.05) is 0 Å². The van der Waals surface area contributed by atoms with Gasteiger partial charge in [0.25, 0.3) is 0 Å². The van der Waals surface area contributed by atoms with E-state index in [1.165, 1.54) is 17.0 Å². The first-order valence-corrected chi connectivity index (χ1v) is 6.03. The van der Waals surface area contributed by atoms with E-state index >= 15 is 0 Å². The molecule has 0 aliphatic heterocycles. The molecule has 0 N–H and O–H groups in total. The molecule has 1 aromatic carbocycles. The van der Waals surface area contributed by atoms with Crippen molar-refractivity contribution in [2.45, 2.75) is 6.18 Å². The number of hydrogen-bond donors (Lipinski definition) is 0. The van der Waals surface area contributed by atoms with Crippen LogP contribution in [0.3, 0.4) is 0 Å². The molecular weight excluding hydrogens is 365 g/mol. The van der Waals surface area contributed by atoms with Gasteiger partial charge in [-0.15, -0.1) is 0 Å². The number of alkyl halides is 3. The summed E-state index contributed by atoms with van der Waals surface area (Å²) in [5, 5.41) is 0. The van der Waals surface area contributed by atoms with Crippen molar-refractivity contribution < 1.29 is 13.2 Å². The number of benzene rings is 1. The maximum atomic E-state index is 12.7. The summed E-state index contributed by atoms with van der Waals surface area (Å²) < 4.78 is 40.1. The summed E-state index contributed by atoms with van der Waals surface area (Å²) in [6.45, 7) is 0. The van der Waals surface area contributed by atoms with E-state index in [2.05, 4.69) is 36.8 Å². The van der Waals surface area contributed by atoms with Crippen molar-refractivity contribution in [2.24, 2.45) is 0 Å². The molecule has 2 nitrogen and oxygen atoms in total. The Morgan fingerprint density at radius 1 is 1.18 bits per heavy atom. The molecule has 2 aromatic rings. The maximum absolute atomic E-state index is 12.7. The van der Waals surface area contributed by atoms with Gasteiger partial charge in [0.05, 0.1) is 5.56 Å². The van der Waals surface area contributed by atoms with Crippen LogP contribution in [0.2, 0.25) is 0 Å². The Hall–Kier alpha value is -0.820. The fourth-order valence-electron chi connectivity index (χ4n) is 1.33. The SMILES string of the molecule is FC(F)(F)c1cc(-n2cnc(Br)c2)ccc1Br. The molecule has 7 heteroatoms. The second-order valence-electron chi connectivity index (χ2n) is 3.27. The molecule has 0 saturated carbocycles. The summed E-state index contributed by atoms with van der Waals surface area (Å²) in [7, 11) is 0. The summed E-state index contributed by atoms with van der Waals surface area (Å²) >= 11 is 6.03. The van der Waals surface area contributed by atoms with Gasteiger partial charge in [-0.3, -0.25) is 0 Å². The van der Waals surface area contributed by atoms with Gasteiger partial charge < -0.3 is 4.57 Å². The van der Waals surface area contributed by atoms with Crippen LogP contribution in [0, 0.1) is 0 Å². The molecule has 0 amide bonds. The average Bonchev–Trinajstić information content (AvgIpc) is 2.64. The Kier molecular flexibility index (Phi) is 3.31. The van der Waals surface area contributed by atoms with Gasteiger partial charge in [-0.05, 0) is 34.1 Å². The molecule has 1 heterocycles. The van der Waals surface area contributed by atoms with Crippen LogP contribution in [0.25, 0.3) is 5.69 Å². The zero-order valence-electron chi connectivity index (χ0n) is 8.17. The fraction of sp³-hybridized carbons (Fsp3) is 0.100. The zero-order chi connectivity index (χ0) is 12.6. The van der Waals surface area contributed by atoms with Gasteiger partial charge in [0, 0.05) is 16.4 Å². The topological polar surface area (TPSA) is 17.8 Å². The lowest BCUT2D eigenvalue weighted by atomic mass is 10.2. The van der Waals surface area contributed by atoms with Gasteiger partial charge in [-0.25, -0.2) is 4.98 Å². The van der Waals surface area contributed by atoms with E-state index in [0.717, 1.165) is 6.07 Å². The number of halogens is 5. The summed E-state index contributed by atoms with van der Waals surface area (Å²) in [6, 6.07) is 4.01. The lowest BCUT2D eigenvalue weighted by molar-refractivity contribution is -0.138. The Morgan fingerprint density at radius 2 is 1.88 bits per heavy atom. The van der Waals surface area contributed by atoms with E-state index in [1.54, 1.807) is 12.3 Å². The van der Waals surface area contributed by atoms with Crippen LogP contribution < -0.4 is 0 Å². The van der Waals surface area contributed by atoms with Gasteiger partial charge in [-0.1, -0.05) is 15.9 Å².